The summed E-state index contributed by atoms with van der Waals surface area (Å²) in [6.07, 6.45) is 18.4. The van der Waals surface area contributed by atoms with Gasteiger partial charge in [0.15, 0.2) is 6.61 Å². The number of hydrogen-bond acceptors (Lipinski definition) is 7. The van der Waals surface area contributed by atoms with Crippen LogP contribution in [-0.4, -0.2) is 35.7 Å². The second-order valence-corrected chi connectivity index (χ2v) is 15.0. The highest BCUT2D eigenvalue weighted by atomic mass is 16.6. The second kappa shape index (κ2) is 23.6. The summed E-state index contributed by atoms with van der Waals surface area (Å²) in [7, 11) is 0. The topological polar surface area (TPSA) is 88.1 Å². The molecule has 0 aliphatic carbocycles. The van der Waals surface area contributed by atoms with E-state index in [0.29, 0.717) is 12.0 Å². The average molecular weight is 691 g/mol. The van der Waals surface area contributed by atoms with Gasteiger partial charge in [0.2, 0.25) is 0 Å². The first-order valence-corrected chi connectivity index (χ1v) is 18.7. The molecule has 0 spiro atoms. The molecule has 2 aromatic carbocycles. The molecule has 50 heavy (non-hydrogen) atoms. The summed E-state index contributed by atoms with van der Waals surface area (Å²) in [5.41, 5.74) is 0.745. The fourth-order valence-electron chi connectivity index (χ4n) is 5.30. The molecule has 0 fully saturated rings. The van der Waals surface area contributed by atoms with Crippen molar-refractivity contribution in [1.29, 1.82) is 0 Å². The molecule has 276 valence electrons. The van der Waals surface area contributed by atoms with Crippen LogP contribution < -0.4 is 4.74 Å². The van der Waals surface area contributed by atoms with Crippen LogP contribution in [0.5, 0.6) is 5.75 Å². The minimum atomic E-state index is -0.683. The fourth-order valence-corrected chi connectivity index (χ4v) is 5.30. The maximum atomic E-state index is 13.0. The van der Waals surface area contributed by atoms with Crippen molar-refractivity contribution < 1.29 is 33.3 Å². The van der Waals surface area contributed by atoms with E-state index >= 15 is 0 Å². The van der Waals surface area contributed by atoms with Gasteiger partial charge in [-0.15, -0.1) is 0 Å². The molecule has 0 heterocycles. The Balaban J connectivity index is 1.60. The first kappa shape index (κ1) is 42.4. The highest BCUT2D eigenvalue weighted by molar-refractivity contribution is 5.93. The molecule has 0 saturated carbocycles. The molecule has 2 rings (SSSR count). The summed E-state index contributed by atoms with van der Waals surface area (Å²) < 4.78 is 21.9. The lowest BCUT2D eigenvalue weighted by molar-refractivity contribution is -0.155. The van der Waals surface area contributed by atoms with Gasteiger partial charge in [0.1, 0.15) is 29.1 Å². The normalized spacial score (nSPS) is 11.3. The molecular formula is C43H62O7. The van der Waals surface area contributed by atoms with Gasteiger partial charge >= 0.3 is 17.9 Å². The van der Waals surface area contributed by atoms with Crippen LogP contribution >= 0.6 is 0 Å². The zero-order valence-electron chi connectivity index (χ0n) is 31.7. The third kappa shape index (κ3) is 21.3. The van der Waals surface area contributed by atoms with Crippen LogP contribution in [0.4, 0.5) is 0 Å². The summed E-state index contributed by atoms with van der Waals surface area (Å²) in [6.45, 7) is 11.0. The number of carbonyl (C=O) groups excluding carboxylic acids is 3. The molecule has 0 atom stereocenters. The molecule has 7 heteroatoms. The largest absolute Gasteiger partial charge is 0.481 e. The molecule has 0 bridgehead atoms. The highest BCUT2D eigenvalue weighted by Gasteiger charge is 2.22. The highest BCUT2D eigenvalue weighted by Crippen LogP contribution is 2.24. The summed E-state index contributed by atoms with van der Waals surface area (Å²) >= 11 is 0. The predicted molar refractivity (Wildman–Crippen MR) is 200 cm³/mol. The average Bonchev–Trinajstić information content (AvgIpc) is 3.05. The monoisotopic (exact) mass is 690 g/mol. The SMILES string of the molecule is CC(C)(C)OC(=O)CCCCCCCCCCCCCCCCC#Cc1ccc(OCC(=O)OCc2ccccc2)c(C(=O)OC(C)(C)C)c1. The van der Waals surface area contributed by atoms with Crippen molar-refractivity contribution in [1.82, 2.24) is 0 Å². The van der Waals surface area contributed by atoms with E-state index in [9.17, 15) is 14.4 Å². The van der Waals surface area contributed by atoms with Crippen LogP contribution in [-0.2, 0) is 30.4 Å². The molecule has 7 nitrogen and oxygen atoms in total. The molecular weight excluding hydrogens is 628 g/mol. The van der Waals surface area contributed by atoms with Crippen molar-refractivity contribution in [2.45, 2.75) is 162 Å². The number of benzene rings is 2. The van der Waals surface area contributed by atoms with Gasteiger partial charge in [-0.3, -0.25) is 4.79 Å². The smallest absolute Gasteiger partial charge is 0.344 e. The van der Waals surface area contributed by atoms with Crippen LogP contribution in [0, 0.1) is 11.8 Å². The summed E-state index contributed by atoms with van der Waals surface area (Å²) in [5.74, 6) is 5.53. The van der Waals surface area contributed by atoms with Gasteiger partial charge in [-0.1, -0.05) is 119 Å². The third-order valence-electron chi connectivity index (χ3n) is 7.77. The van der Waals surface area contributed by atoms with Crippen molar-refractivity contribution >= 4 is 17.9 Å². The van der Waals surface area contributed by atoms with Gasteiger partial charge in [-0.05, 0) is 78.1 Å². The first-order chi connectivity index (χ1) is 23.8. The molecule has 0 aliphatic rings. The number of carbonyl (C=O) groups is 3. The Hall–Kier alpha value is -3.79. The van der Waals surface area contributed by atoms with Crippen LogP contribution in [0.15, 0.2) is 48.5 Å². The number of esters is 3. The van der Waals surface area contributed by atoms with Gasteiger partial charge in [0.25, 0.3) is 0 Å². The van der Waals surface area contributed by atoms with Crippen LogP contribution in [0.25, 0.3) is 0 Å². The van der Waals surface area contributed by atoms with Crippen molar-refractivity contribution in [2.75, 3.05) is 6.61 Å². The number of hydrogen-bond donors (Lipinski definition) is 0. The van der Waals surface area contributed by atoms with E-state index in [1.165, 1.54) is 70.6 Å². The molecule has 0 saturated heterocycles. The summed E-state index contributed by atoms with van der Waals surface area (Å²) in [5, 5.41) is 0. The van der Waals surface area contributed by atoms with Crippen molar-refractivity contribution in [3.05, 3.63) is 65.2 Å². The maximum absolute atomic E-state index is 13.0. The molecule has 0 aliphatic heterocycles. The van der Waals surface area contributed by atoms with Crippen LogP contribution in [0.3, 0.4) is 0 Å². The molecule has 0 radical (unpaired) electrons. The number of unbranched alkanes of at least 4 members (excludes halogenated alkanes) is 14. The minimum absolute atomic E-state index is 0.0779. The standard InChI is InChI=1S/C43H62O7/c1-42(2,3)49-39(44)29-25-20-18-16-14-12-10-8-7-9-11-13-15-17-19-22-26-35-30-31-38(37(32-35)41(46)50-43(4,5)6)47-34-40(45)48-33-36-27-23-21-24-28-36/h21,23-24,27-28,30-32H,7-20,25,29,33-34H2,1-6H3. The van der Waals surface area contributed by atoms with E-state index in [0.717, 1.165) is 31.2 Å². The second-order valence-electron chi connectivity index (χ2n) is 15.0. The maximum Gasteiger partial charge on any atom is 0.344 e. The van der Waals surface area contributed by atoms with Gasteiger partial charge in [-0.2, -0.15) is 0 Å². The fraction of sp³-hybridized carbons (Fsp3) is 0.605. The van der Waals surface area contributed by atoms with Crippen molar-refractivity contribution in [2.24, 2.45) is 0 Å². The lowest BCUT2D eigenvalue weighted by atomic mass is 10.0. The number of rotatable bonds is 22. The van der Waals surface area contributed by atoms with Gasteiger partial charge in [0.05, 0.1) is 0 Å². The first-order valence-electron chi connectivity index (χ1n) is 18.7. The Morgan fingerprint density at radius 2 is 1.16 bits per heavy atom. The van der Waals surface area contributed by atoms with E-state index in [4.69, 9.17) is 18.9 Å². The Morgan fingerprint density at radius 1 is 0.620 bits per heavy atom. The van der Waals surface area contributed by atoms with Crippen LogP contribution in [0.2, 0.25) is 0 Å². The Bertz CT molecular complexity index is 1340. The Morgan fingerprint density at radius 3 is 1.72 bits per heavy atom. The van der Waals surface area contributed by atoms with E-state index in [1.807, 2.05) is 51.1 Å². The molecule has 0 N–H and O–H groups in total. The zero-order chi connectivity index (χ0) is 36.7. The minimum Gasteiger partial charge on any atom is -0.481 e. The molecule has 0 amide bonds. The lowest BCUT2D eigenvalue weighted by Gasteiger charge is -2.20. The van der Waals surface area contributed by atoms with E-state index in [1.54, 1.807) is 39.0 Å². The predicted octanol–water partition coefficient (Wildman–Crippen LogP) is 10.7. The third-order valence-corrected chi connectivity index (χ3v) is 7.77. The van der Waals surface area contributed by atoms with Crippen molar-refractivity contribution in [3.8, 4) is 17.6 Å². The summed E-state index contributed by atoms with van der Waals surface area (Å²) in [4.78, 5) is 37.0. The molecule has 0 aromatic heterocycles. The molecule has 0 unspecified atom stereocenters. The zero-order valence-corrected chi connectivity index (χ0v) is 31.7. The van der Waals surface area contributed by atoms with E-state index in [-0.39, 0.29) is 36.1 Å². The van der Waals surface area contributed by atoms with Crippen molar-refractivity contribution in [3.63, 3.8) is 0 Å². The summed E-state index contributed by atoms with van der Waals surface area (Å²) in [6, 6.07) is 14.5. The van der Waals surface area contributed by atoms with Gasteiger partial charge < -0.3 is 18.9 Å². The quantitative estimate of drug-likeness (QED) is 0.0526. The number of ether oxygens (including phenoxy) is 4. The Labute approximate surface area is 302 Å². The lowest BCUT2D eigenvalue weighted by Crippen LogP contribution is -2.24. The Kier molecular flexibility index (Phi) is 20.0. The van der Waals surface area contributed by atoms with E-state index < -0.39 is 17.5 Å². The van der Waals surface area contributed by atoms with Crippen LogP contribution in [0.1, 0.15) is 166 Å². The van der Waals surface area contributed by atoms with Gasteiger partial charge in [0, 0.05) is 18.4 Å². The molecule has 2 aromatic rings. The van der Waals surface area contributed by atoms with E-state index in [2.05, 4.69) is 11.8 Å². The van der Waals surface area contributed by atoms with Gasteiger partial charge in [-0.25, -0.2) is 9.59 Å².